The van der Waals surface area contributed by atoms with Crippen molar-refractivity contribution in [1.29, 1.82) is 0 Å². The van der Waals surface area contributed by atoms with E-state index in [2.05, 4.69) is 29.0 Å². The maximum Gasteiger partial charge on any atom is 0.227 e. The molecular weight excluding hydrogens is 274 g/mol. The van der Waals surface area contributed by atoms with Gasteiger partial charge in [0.05, 0.1) is 9.88 Å². The van der Waals surface area contributed by atoms with Gasteiger partial charge in [-0.05, 0) is 12.3 Å². The first-order valence-corrected chi connectivity index (χ1v) is 7.48. The van der Waals surface area contributed by atoms with E-state index in [1.54, 1.807) is 6.20 Å². The Kier molecular flexibility index (Phi) is 4.32. The zero-order chi connectivity index (χ0) is 14.8. The normalized spacial score (nSPS) is 11.8. The van der Waals surface area contributed by atoms with Gasteiger partial charge in [0.2, 0.25) is 5.89 Å². The molecule has 5 nitrogen and oxygen atoms in total. The van der Waals surface area contributed by atoms with Gasteiger partial charge in [0.15, 0.2) is 11.6 Å². The van der Waals surface area contributed by atoms with E-state index in [-0.39, 0.29) is 11.2 Å². The number of hydrogen-bond donors (Lipinski definition) is 0. The number of carbonyl (C=O) groups is 1. The third-order valence-electron chi connectivity index (χ3n) is 2.98. The standard InChI is InChI=1S/C14H19N3O2S/c1-5-10(18)11-8-15-13(20-11)7-14(3,4)6-12-16-9(2)17-19-12/h8H,5-7H2,1-4H3. The molecule has 0 aliphatic carbocycles. The van der Waals surface area contributed by atoms with Crippen molar-refractivity contribution in [3.63, 3.8) is 0 Å². The molecule has 0 unspecified atom stereocenters. The van der Waals surface area contributed by atoms with Crippen molar-refractivity contribution < 1.29 is 9.32 Å². The van der Waals surface area contributed by atoms with Crippen LogP contribution in [0.4, 0.5) is 0 Å². The van der Waals surface area contributed by atoms with Crippen molar-refractivity contribution in [1.82, 2.24) is 15.1 Å². The third kappa shape index (κ3) is 3.72. The first-order chi connectivity index (χ1) is 9.39. The highest BCUT2D eigenvalue weighted by molar-refractivity contribution is 7.13. The quantitative estimate of drug-likeness (QED) is 0.765. The summed E-state index contributed by atoms with van der Waals surface area (Å²) in [6.07, 6.45) is 3.69. The molecule has 6 heteroatoms. The topological polar surface area (TPSA) is 68.9 Å². The van der Waals surface area contributed by atoms with Gasteiger partial charge in [-0.15, -0.1) is 11.3 Å². The van der Waals surface area contributed by atoms with Crippen LogP contribution in [0.5, 0.6) is 0 Å². The average molecular weight is 293 g/mol. The number of Topliss-reactive ketones (excluding diaryl/α,β-unsaturated/α-hetero) is 1. The van der Waals surface area contributed by atoms with Crippen LogP contribution in [-0.4, -0.2) is 20.9 Å². The summed E-state index contributed by atoms with van der Waals surface area (Å²) in [4.78, 5) is 20.9. The molecule has 0 saturated heterocycles. The molecule has 0 bridgehead atoms. The van der Waals surface area contributed by atoms with Crippen LogP contribution >= 0.6 is 11.3 Å². The van der Waals surface area contributed by atoms with E-state index in [1.165, 1.54) is 11.3 Å². The largest absolute Gasteiger partial charge is 0.339 e. The van der Waals surface area contributed by atoms with Crippen LogP contribution in [-0.2, 0) is 12.8 Å². The lowest BCUT2D eigenvalue weighted by Gasteiger charge is -2.20. The summed E-state index contributed by atoms with van der Waals surface area (Å²) in [5.41, 5.74) is -0.0383. The highest BCUT2D eigenvalue weighted by atomic mass is 32.1. The van der Waals surface area contributed by atoms with Crippen LogP contribution in [0, 0.1) is 12.3 Å². The fourth-order valence-electron chi connectivity index (χ4n) is 1.99. The molecule has 20 heavy (non-hydrogen) atoms. The Morgan fingerprint density at radius 2 is 2.15 bits per heavy atom. The zero-order valence-corrected chi connectivity index (χ0v) is 13.1. The number of hydrogen-bond acceptors (Lipinski definition) is 6. The molecular formula is C14H19N3O2S. The molecule has 2 aromatic heterocycles. The minimum Gasteiger partial charge on any atom is -0.339 e. The van der Waals surface area contributed by atoms with Gasteiger partial charge in [-0.1, -0.05) is 25.9 Å². The highest BCUT2D eigenvalue weighted by Gasteiger charge is 2.24. The SMILES string of the molecule is CCC(=O)c1cnc(CC(C)(C)Cc2nc(C)no2)s1. The Morgan fingerprint density at radius 1 is 1.40 bits per heavy atom. The van der Waals surface area contributed by atoms with Crippen molar-refractivity contribution in [3.05, 3.63) is 27.8 Å². The van der Waals surface area contributed by atoms with Gasteiger partial charge < -0.3 is 4.52 Å². The molecule has 0 N–H and O–H groups in total. The average Bonchev–Trinajstić information content (AvgIpc) is 2.97. The minimum atomic E-state index is -0.0383. The molecule has 0 aromatic carbocycles. The second-order valence-corrected chi connectivity index (χ2v) is 6.76. The van der Waals surface area contributed by atoms with Crippen molar-refractivity contribution in [2.45, 2.75) is 47.0 Å². The summed E-state index contributed by atoms with van der Waals surface area (Å²) in [5, 5.41) is 4.78. The second-order valence-electron chi connectivity index (χ2n) is 5.65. The molecule has 0 spiro atoms. The van der Waals surface area contributed by atoms with E-state index >= 15 is 0 Å². The lowest BCUT2D eigenvalue weighted by molar-refractivity contribution is 0.0992. The van der Waals surface area contributed by atoms with Gasteiger partial charge in [-0.25, -0.2) is 4.98 Å². The predicted molar refractivity (Wildman–Crippen MR) is 77.0 cm³/mol. The maximum absolute atomic E-state index is 11.6. The molecule has 108 valence electrons. The molecule has 0 fully saturated rings. The van der Waals surface area contributed by atoms with Crippen molar-refractivity contribution in [3.8, 4) is 0 Å². The number of aromatic nitrogens is 3. The second kappa shape index (κ2) is 5.83. The summed E-state index contributed by atoms with van der Waals surface area (Å²) in [5.74, 6) is 1.45. The summed E-state index contributed by atoms with van der Waals surface area (Å²) < 4.78 is 5.17. The molecule has 0 aliphatic heterocycles. The van der Waals surface area contributed by atoms with Crippen LogP contribution in [0.2, 0.25) is 0 Å². The van der Waals surface area contributed by atoms with Gasteiger partial charge in [-0.3, -0.25) is 4.79 Å². The highest BCUT2D eigenvalue weighted by Crippen LogP contribution is 2.28. The van der Waals surface area contributed by atoms with Crippen LogP contribution in [0.3, 0.4) is 0 Å². The Balaban J connectivity index is 2.04. The number of carbonyl (C=O) groups excluding carboxylic acids is 1. The van der Waals surface area contributed by atoms with E-state index in [0.717, 1.165) is 16.3 Å². The zero-order valence-electron chi connectivity index (χ0n) is 12.3. The summed E-state index contributed by atoms with van der Waals surface area (Å²) in [6, 6.07) is 0. The lowest BCUT2D eigenvalue weighted by Crippen LogP contribution is -2.18. The fourth-order valence-corrected chi connectivity index (χ4v) is 3.17. The summed E-state index contributed by atoms with van der Waals surface area (Å²) in [6.45, 7) is 7.94. The van der Waals surface area contributed by atoms with Crippen molar-refractivity contribution in [2.24, 2.45) is 5.41 Å². The Hall–Kier alpha value is -1.56. The molecule has 2 rings (SSSR count). The first kappa shape index (κ1) is 14.8. The monoisotopic (exact) mass is 293 g/mol. The predicted octanol–water partition coefficient (Wildman–Crippen LogP) is 3.24. The number of thiazole rings is 1. The number of rotatable bonds is 6. The smallest absolute Gasteiger partial charge is 0.227 e. The van der Waals surface area contributed by atoms with E-state index in [4.69, 9.17) is 4.52 Å². The summed E-state index contributed by atoms with van der Waals surface area (Å²) in [7, 11) is 0. The maximum atomic E-state index is 11.6. The molecule has 0 amide bonds. The van der Waals surface area contributed by atoms with Crippen LogP contribution in [0.1, 0.15) is 53.6 Å². The molecule has 0 saturated carbocycles. The number of nitrogens with zero attached hydrogens (tertiary/aromatic N) is 3. The Morgan fingerprint density at radius 3 is 2.75 bits per heavy atom. The van der Waals surface area contributed by atoms with Gasteiger partial charge in [0, 0.05) is 25.5 Å². The van der Waals surface area contributed by atoms with Crippen molar-refractivity contribution >= 4 is 17.1 Å². The van der Waals surface area contributed by atoms with Crippen molar-refractivity contribution in [2.75, 3.05) is 0 Å². The Bertz CT molecular complexity index is 601. The fraction of sp³-hybridized carbons (Fsp3) is 0.571. The van der Waals surface area contributed by atoms with Gasteiger partial charge in [-0.2, -0.15) is 4.98 Å². The van der Waals surface area contributed by atoms with E-state index in [0.29, 0.717) is 24.6 Å². The molecule has 0 radical (unpaired) electrons. The van der Waals surface area contributed by atoms with Gasteiger partial charge in [0.1, 0.15) is 0 Å². The minimum absolute atomic E-state index is 0.0383. The molecule has 0 atom stereocenters. The molecule has 0 aliphatic rings. The van der Waals surface area contributed by atoms with E-state index < -0.39 is 0 Å². The van der Waals surface area contributed by atoms with E-state index in [1.807, 2.05) is 13.8 Å². The van der Waals surface area contributed by atoms with Crippen LogP contribution < -0.4 is 0 Å². The molecule has 2 aromatic rings. The third-order valence-corrected chi connectivity index (χ3v) is 4.02. The lowest BCUT2D eigenvalue weighted by atomic mass is 9.86. The van der Waals surface area contributed by atoms with Gasteiger partial charge in [0.25, 0.3) is 0 Å². The van der Waals surface area contributed by atoms with Crippen LogP contribution in [0.25, 0.3) is 0 Å². The first-order valence-electron chi connectivity index (χ1n) is 6.67. The Labute approximate surface area is 122 Å². The van der Waals surface area contributed by atoms with E-state index in [9.17, 15) is 4.79 Å². The number of ketones is 1. The summed E-state index contributed by atoms with van der Waals surface area (Å²) >= 11 is 1.48. The van der Waals surface area contributed by atoms with Crippen LogP contribution in [0.15, 0.2) is 10.7 Å². The number of aryl methyl sites for hydroxylation is 1. The van der Waals surface area contributed by atoms with Gasteiger partial charge >= 0.3 is 0 Å². The molecule has 2 heterocycles.